The highest BCUT2D eigenvalue weighted by Gasteiger charge is 2.09. The second-order valence-corrected chi connectivity index (χ2v) is 5.81. The maximum absolute atomic E-state index is 12.3. The van der Waals surface area contributed by atoms with E-state index in [0.29, 0.717) is 25.1 Å². The molecule has 1 aromatic heterocycles. The van der Waals surface area contributed by atoms with Gasteiger partial charge >= 0.3 is 0 Å². The molecule has 3 rings (SSSR count). The lowest BCUT2D eigenvalue weighted by Crippen LogP contribution is -2.25. The number of hydrogen-bond donors (Lipinski definition) is 2. The number of nitrogens with one attached hydrogen (secondary N) is 1. The number of fused-ring (bicyclic) bond motifs is 1. The van der Waals surface area contributed by atoms with E-state index in [1.54, 1.807) is 31.6 Å². The summed E-state index contributed by atoms with van der Waals surface area (Å²) in [4.78, 5) is 16.7. The monoisotopic (exact) mass is 339 g/mol. The number of rotatable bonds is 7. The molecule has 0 radical (unpaired) electrons. The van der Waals surface area contributed by atoms with Gasteiger partial charge in [0.25, 0.3) is 5.91 Å². The minimum Gasteiger partial charge on any atom is -0.508 e. The lowest BCUT2D eigenvalue weighted by molar-refractivity contribution is 0.0954. The van der Waals surface area contributed by atoms with Gasteiger partial charge in [0.2, 0.25) is 0 Å². The number of ether oxygens (including phenoxy) is 1. The summed E-state index contributed by atoms with van der Waals surface area (Å²) in [5.74, 6) is 0.123. The van der Waals surface area contributed by atoms with Crippen LogP contribution in [0.3, 0.4) is 0 Å². The first-order valence-corrected chi connectivity index (χ1v) is 8.17. The summed E-state index contributed by atoms with van der Waals surface area (Å²) in [5, 5.41) is 12.2. The molecular formula is C19H21N3O3. The maximum Gasteiger partial charge on any atom is 0.251 e. The lowest BCUT2D eigenvalue weighted by atomic mass is 10.1. The SMILES string of the molecule is COCCn1cnc2cc(C(=O)NCCc3ccc(O)cc3)ccc21. The van der Waals surface area contributed by atoms with Crippen molar-refractivity contribution in [3.8, 4) is 5.75 Å². The Morgan fingerprint density at radius 3 is 2.80 bits per heavy atom. The molecule has 2 aromatic carbocycles. The number of phenolic OH excluding ortho intramolecular Hbond substituents is 1. The van der Waals surface area contributed by atoms with Crippen LogP contribution < -0.4 is 5.32 Å². The molecule has 6 nitrogen and oxygen atoms in total. The zero-order chi connectivity index (χ0) is 17.6. The Bertz CT molecular complexity index is 856. The predicted molar refractivity (Wildman–Crippen MR) is 95.8 cm³/mol. The molecule has 1 heterocycles. The van der Waals surface area contributed by atoms with E-state index >= 15 is 0 Å². The summed E-state index contributed by atoms with van der Waals surface area (Å²) >= 11 is 0. The largest absolute Gasteiger partial charge is 0.508 e. The Kier molecular flexibility index (Phi) is 5.30. The molecule has 2 N–H and O–H groups in total. The highest BCUT2D eigenvalue weighted by molar-refractivity contribution is 5.97. The third-order valence-corrected chi connectivity index (χ3v) is 4.06. The second-order valence-electron chi connectivity index (χ2n) is 5.81. The minimum atomic E-state index is -0.118. The first-order chi connectivity index (χ1) is 12.2. The van der Waals surface area contributed by atoms with Crippen molar-refractivity contribution < 1.29 is 14.6 Å². The molecule has 0 fully saturated rings. The van der Waals surface area contributed by atoms with Gasteiger partial charge in [0.15, 0.2) is 0 Å². The zero-order valence-corrected chi connectivity index (χ0v) is 14.1. The number of hydrogen-bond acceptors (Lipinski definition) is 4. The number of benzene rings is 2. The number of aromatic nitrogens is 2. The lowest BCUT2D eigenvalue weighted by Gasteiger charge is -2.07. The number of aromatic hydroxyl groups is 1. The molecule has 1 amide bonds. The normalized spacial score (nSPS) is 10.9. The van der Waals surface area contributed by atoms with Crippen molar-refractivity contribution in [3.05, 3.63) is 59.9 Å². The molecule has 25 heavy (non-hydrogen) atoms. The number of carbonyl (C=O) groups excluding carboxylic acids is 1. The van der Waals surface area contributed by atoms with Gasteiger partial charge in [-0.1, -0.05) is 12.1 Å². The maximum atomic E-state index is 12.3. The average molecular weight is 339 g/mol. The highest BCUT2D eigenvalue weighted by Crippen LogP contribution is 2.15. The Morgan fingerprint density at radius 2 is 2.04 bits per heavy atom. The van der Waals surface area contributed by atoms with Crippen molar-refractivity contribution in [3.63, 3.8) is 0 Å². The zero-order valence-electron chi connectivity index (χ0n) is 14.1. The molecule has 0 spiro atoms. The van der Waals surface area contributed by atoms with Crippen LogP contribution in [0.25, 0.3) is 11.0 Å². The Morgan fingerprint density at radius 1 is 1.24 bits per heavy atom. The molecule has 0 aliphatic carbocycles. The van der Waals surface area contributed by atoms with E-state index in [0.717, 1.165) is 23.1 Å². The molecule has 0 aliphatic rings. The molecule has 0 aliphatic heterocycles. The fraction of sp³-hybridized carbons (Fsp3) is 0.263. The van der Waals surface area contributed by atoms with Gasteiger partial charge in [-0.25, -0.2) is 4.98 Å². The van der Waals surface area contributed by atoms with Crippen molar-refractivity contribution in [1.29, 1.82) is 0 Å². The van der Waals surface area contributed by atoms with Crippen LogP contribution in [0.15, 0.2) is 48.8 Å². The van der Waals surface area contributed by atoms with Gasteiger partial charge in [0, 0.05) is 25.8 Å². The summed E-state index contributed by atoms with van der Waals surface area (Å²) in [6, 6.07) is 12.5. The number of carbonyl (C=O) groups is 1. The van der Waals surface area contributed by atoms with Crippen LogP contribution in [-0.2, 0) is 17.7 Å². The smallest absolute Gasteiger partial charge is 0.251 e. The van der Waals surface area contributed by atoms with Crippen molar-refractivity contribution in [2.75, 3.05) is 20.3 Å². The number of methoxy groups -OCH3 is 1. The van der Waals surface area contributed by atoms with E-state index in [4.69, 9.17) is 4.74 Å². The minimum absolute atomic E-state index is 0.118. The van der Waals surface area contributed by atoms with E-state index in [9.17, 15) is 9.90 Å². The van der Waals surface area contributed by atoms with Crippen molar-refractivity contribution >= 4 is 16.9 Å². The summed E-state index contributed by atoms with van der Waals surface area (Å²) in [6.45, 7) is 1.88. The van der Waals surface area contributed by atoms with E-state index < -0.39 is 0 Å². The van der Waals surface area contributed by atoms with Crippen LogP contribution in [0, 0.1) is 0 Å². The van der Waals surface area contributed by atoms with Crippen molar-refractivity contribution in [2.24, 2.45) is 0 Å². The number of phenols is 1. The van der Waals surface area contributed by atoms with E-state index in [2.05, 4.69) is 10.3 Å². The first-order valence-electron chi connectivity index (χ1n) is 8.17. The van der Waals surface area contributed by atoms with E-state index in [-0.39, 0.29) is 11.7 Å². The van der Waals surface area contributed by atoms with Gasteiger partial charge in [-0.15, -0.1) is 0 Å². The highest BCUT2D eigenvalue weighted by atomic mass is 16.5. The van der Waals surface area contributed by atoms with Gasteiger partial charge < -0.3 is 19.7 Å². The Balaban J connectivity index is 1.60. The van der Waals surface area contributed by atoms with Crippen LogP contribution in [0.1, 0.15) is 15.9 Å². The van der Waals surface area contributed by atoms with Gasteiger partial charge in [-0.2, -0.15) is 0 Å². The standard InChI is InChI=1S/C19H21N3O3/c1-25-11-10-22-13-21-17-12-15(4-7-18(17)22)19(24)20-9-8-14-2-5-16(23)6-3-14/h2-7,12-13,23H,8-11H2,1H3,(H,20,24). The summed E-state index contributed by atoms with van der Waals surface area (Å²) < 4.78 is 7.09. The van der Waals surface area contributed by atoms with Gasteiger partial charge in [0.05, 0.1) is 24.0 Å². The topological polar surface area (TPSA) is 76.4 Å². The van der Waals surface area contributed by atoms with Crippen molar-refractivity contribution in [2.45, 2.75) is 13.0 Å². The van der Waals surface area contributed by atoms with E-state index in [1.807, 2.05) is 28.8 Å². The number of amides is 1. The quantitative estimate of drug-likeness (QED) is 0.693. The molecule has 0 saturated carbocycles. The fourth-order valence-corrected chi connectivity index (χ4v) is 2.66. The van der Waals surface area contributed by atoms with Crippen molar-refractivity contribution in [1.82, 2.24) is 14.9 Å². The molecule has 3 aromatic rings. The summed E-state index contributed by atoms with van der Waals surface area (Å²) in [7, 11) is 1.67. The van der Waals surface area contributed by atoms with Gasteiger partial charge in [0.1, 0.15) is 5.75 Å². The molecule has 0 saturated heterocycles. The average Bonchev–Trinajstić information content (AvgIpc) is 3.03. The Labute approximate surface area is 146 Å². The Hall–Kier alpha value is -2.86. The molecule has 130 valence electrons. The molecule has 0 atom stereocenters. The van der Waals surface area contributed by atoms with Gasteiger partial charge in [-0.05, 0) is 42.3 Å². The van der Waals surface area contributed by atoms with Crippen LogP contribution in [-0.4, -0.2) is 40.8 Å². The molecule has 6 heteroatoms. The van der Waals surface area contributed by atoms with Crippen LogP contribution in [0.4, 0.5) is 0 Å². The summed E-state index contributed by atoms with van der Waals surface area (Å²) in [6.07, 6.45) is 2.47. The molecular weight excluding hydrogens is 318 g/mol. The third kappa shape index (κ3) is 4.16. The van der Waals surface area contributed by atoms with Gasteiger partial charge in [-0.3, -0.25) is 4.79 Å². The summed E-state index contributed by atoms with van der Waals surface area (Å²) in [5.41, 5.74) is 3.43. The number of nitrogens with zero attached hydrogens (tertiary/aromatic N) is 2. The van der Waals surface area contributed by atoms with Crippen LogP contribution in [0.2, 0.25) is 0 Å². The van der Waals surface area contributed by atoms with Crippen LogP contribution in [0.5, 0.6) is 5.75 Å². The predicted octanol–water partition coefficient (Wildman–Crippen LogP) is 2.36. The molecule has 0 bridgehead atoms. The second kappa shape index (κ2) is 7.81. The van der Waals surface area contributed by atoms with E-state index in [1.165, 1.54) is 0 Å². The third-order valence-electron chi connectivity index (χ3n) is 4.06. The first kappa shape index (κ1) is 17.0. The number of imidazole rings is 1. The van der Waals surface area contributed by atoms with Crippen LogP contribution >= 0.6 is 0 Å². The molecule has 0 unspecified atom stereocenters. The fourth-order valence-electron chi connectivity index (χ4n) is 2.66.